The number of benzene rings is 2. The molecule has 7 heteroatoms. The fourth-order valence-corrected chi connectivity index (χ4v) is 2.08. The number of carbonyl (C=O) groups excluding carboxylic acids is 2. The van der Waals surface area contributed by atoms with E-state index in [0.717, 1.165) is 0 Å². The zero-order chi connectivity index (χ0) is 18.2. The second-order valence-electron chi connectivity index (χ2n) is 4.90. The predicted octanol–water partition coefficient (Wildman–Crippen LogP) is 3.25. The van der Waals surface area contributed by atoms with Crippen molar-refractivity contribution >= 4 is 35.2 Å². The molecule has 130 valence electrons. The van der Waals surface area contributed by atoms with Gasteiger partial charge in [-0.3, -0.25) is 4.79 Å². The van der Waals surface area contributed by atoms with Gasteiger partial charge in [0.15, 0.2) is 18.1 Å². The van der Waals surface area contributed by atoms with Gasteiger partial charge in [-0.05, 0) is 35.9 Å². The molecule has 0 aliphatic heterocycles. The third kappa shape index (κ3) is 5.54. The summed E-state index contributed by atoms with van der Waals surface area (Å²) >= 11 is 5.92. The highest BCUT2D eigenvalue weighted by molar-refractivity contribution is 6.33. The molecule has 2 rings (SSSR count). The number of nitrogens with one attached hydrogen (secondary N) is 1. The summed E-state index contributed by atoms with van der Waals surface area (Å²) in [6.45, 7) is -0.437. The van der Waals surface area contributed by atoms with Crippen LogP contribution in [0.3, 0.4) is 0 Å². The summed E-state index contributed by atoms with van der Waals surface area (Å²) in [4.78, 5) is 23.4. The second-order valence-corrected chi connectivity index (χ2v) is 5.31. The summed E-state index contributed by atoms with van der Waals surface area (Å²) in [6.07, 6.45) is 2.66. The molecule has 6 nitrogen and oxygen atoms in total. The lowest BCUT2D eigenvalue weighted by molar-refractivity contribution is -0.142. The number of carbonyl (C=O) groups is 2. The molecule has 0 bridgehead atoms. The Labute approximate surface area is 149 Å². The summed E-state index contributed by atoms with van der Waals surface area (Å²) in [5.41, 5.74) is 1.07. The Morgan fingerprint density at radius 3 is 2.72 bits per heavy atom. The Bertz CT molecular complexity index is 804. The van der Waals surface area contributed by atoms with Gasteiger partial charge in [-0.1, -0.05) is 29.8 Å². The maximum absolute atomic E-state index is 11.7. The summed E-state index contributed by atoms with van der Waals surface area (Å²) in [5.74, 6) is -0.893. The number of methoxy groups -OCH3 is 1. The van der Waals surface area contributed by atoms with Gasteiger partial charge in [-0.2, -0.15) is 0 Å². The molecule has 0 unspecified atom stereocenters. The van der Waals surface area contributed by atoms with Crippen molar-refractivity contribution in [1.29, 1.82) is 0 Å². The molecular weight excluding hydrogens is 346 g/mol. The van der Waals surface area contributed by atoms with Crippen molar-refractivity contribution in [3.63, 3.8) is 0 Å². The first-order chi connectivity index (χ1) is 12.0. The second kappa shape index (κ2) is 8.75. The van der Waals surface area contributed by atoms with Crippen LogP contribution in [-0.4, -0.2) is 30.7 Å². The first-order valence-corrected chi connectivity index (χ1v) is 7.63. The lowest BCUT2D eigenvalue weighted by Crippen LogP contribution is -2.20. The Balaban J connectivity index is 1.86. The smallest absolute Gasteiger partial charge is 0.331 e. The molecule has 0 aliphatic rings. The zero-order valence-electron chi connectivity index (χ0n) is 13.4. The molecule has 0 aromatic heterocycles. The van der Waals surface area contributed by atoms with E-state index in [1.165, 1.54) is 25.3 Å². The van der Waals surface area contributed by atoms with E-state index >= 15 is 0 Å². The number of hydrogen-bond donors (Lipinski definition) is 2. The van der Waals surface area contributed by atoms with E-state index in [4.69, 9.17) is 21.1 Å². The Hall–Kier alpha value is -2.99. The topological polar surface area (TPSA) is 84.9 Å². The fraction of sp³-hybridized carbons (Fsp3) is 0.111. The fourth-order valence-electron chi connectivity index (χ4n) is 1.90. The number of esters is 1. The minimum Gasteiger partial charge on any atom is -0.504 e. The van der Waals surface area contributed by atoms with Crippen LogP contribution in [0, 0.1) is 0 Å². The number of phenols is 1. The highest BCUT2D eigenvalue weighted by Crippen LogP contribution is 2.26. The molecule has 0 saturated carbocycles. The van der Waals surface area contributed by atoms with Crippen molar-refractivity contribution in [3.8, 4) is 11.5 Å². The predicted molar refractivity (Wildman–Crippen MR) is 94.7 cm³/mol. The number of amides is 1. The van der Waals surface area contributed by atoms with Crippen LogP contribution in [0.1, 0.15) is 5.56 Å². The quantitative estimate of drug-likeness (QED) is 0.609. The molecular formula is C18H16ClNO5. The highest BCUT2D eigenvalue weighted by Gasteiger charge is 2.08. The Morgan fingerprint density at radius 1 is 1.24 bits per heavy atom. The minimum absolute atomic E-state index is 0.00142. The largest absolute Gasteiger partial charge is 0.504 e. The molecule has 25 heavy (non-hydrogen) atoms. The number of para-hydroxylation sites is 1. The highest BCUT2D eigenvalue weighted by atomic mass is 35.5. The van der Waals surface area contributed by atoms with Gasteiger partial charge in [-0.25, -0.2) is 4.79 Å². The maximum Gasteiger partial charge on any atom is 0.331 e. The van der Waals surface area contributed by atoms with Crippen LogP contribution in [0.2, 0.25) is 5.02 Å². The normalized spacial score (nSPS) is 10.5. The van der Waals surface area contributed by atoms with Gasteiger partial charge in [-0.15, -0.1) is 0 Å². The molecule has 0 heterocycles. The summed E-state index contributed by atoms with van der Waals surface area (Å²) in [7, 11) is 1.43. The molecule has 0 radical (unpaired) electrons. The van der Waals surface area contributed by atoms with Crippen LogP contribution in [0.25, 0.3) is 6.08 Å². The molecule has 0 aliphatic carbocycles. The van der Waals surface area contributed by atoms with Crippen LogP contribution in [0.5, 0.6) is 11.5 Å². The first-order valence-electron chi connectivity index (χ1n) is 7.26. The van der Waals surface area contributed by atoms with Gasteiger partial charge in [0, 0.05) is 6.08 Å². The molecule has 0 spiro atoms. The summed E-state index contributed by atoms with van der Waals surface area (Å²) in [6, 6.07) is 11.3. The van der Waals surface area contributed by atoms with Crippen molar-refractivity contribution in [2.75, 3.05) is 19.0 Å². The van der Waals surface area contributed by atoms with E-state index in [0.29, 0.717) is 16.3 Å². The number of halogens is 1. The first kappa shape index (κ1) is 18.4. The van der Waals surface area contributed by atoms with Gasteiger partial charge in [0.1, 0.15) is 0 Å². The number of ether oxygens (including phenoxy) is 2. The summed E-state index contributed by atoms with van der Waals surface area (Å²) < 4.78 is 9.83. The van der Waals surface area contributed by atoms with Gasteiger partial charge < -0.3 is 19.9 Å². The van der Waals surface area contributed by atoms with Gasteiger partial charge in [0.05, 0.1) is 17.8 Å². The Kier molecular flexibility index (Phi) is 6.42. The van der Waals surface area contributed by atoms with Crippen LogP contribution in [0.15, 0.2) is 48.5 Å². The van der Waals surface area contributed by atoms with Gasteiger partial charge in [0.25, 0.3) is 5.91 Å². The molecule has 0 atom stereocenters. The lowest BCUT2D eigenvalue weighted by atomic mass is 10.2. The van der Waals surface area contributed by atoms with Crippen molar-refractivity contribution < 1.29 is 24.2 Å². The molecule has 0 fully saturated rings. The van der Waals surface area contributed by atoms with E-state index in [1.807, 2.05) is 0 Å². The molecule has 0 saturated heterocycles. The van der Waals surface area contributed by atoms with Crippen LogP contribution >= 0.6 is 11.6 Å². The lowest BCUT2D eigenvalue weighted by Gasteiger charge is -2.06. The molecule has 2 aromatic rings. The van der Waals surface area contributed by atoms with E-state index in [1.54, 1.807) is 36.4 Å². The van der Waals surface area contributed by atoms with E-state index in [-0.39, 0.29) is 11.5 Å². The Morgan fingerprint density at radius 2 is 2.00 bits per heavy atom. The molecule has 2 aromatic carbocycles. The third-order valence-electron chi connectivity index (χ3n) is 3.11. The van der Waals surface area contributed by atoms with Crippen LogP contribution in [-0.2, 0) is 14.3 Å². The van der Waals surface area contributed by atoms with E-state index in [2.05, 4.69) is 5.32 Å². The van der Waals surface area contributed by atoms with Crippen LogP contribution in [0.4, 0.5) is 5.69 Å². The van der Waals surface area contributed by atoms with Crippen molar-refractivity contribution in [1.82, 2.24) is 0 Å². The minimum atomic E-state index is -0.679. The number of rotatable bonds is 6. The number of phenolic OH excluding ortho intramolecular Hbond substituents is 1. The van der Waals surface area contributed by atoms with Gasteiger partial charge >= 0.3 is 5.97 Å². The zero-order valence-corrected chi connectivity index (χ0v) is 14.1. The van der Waals surface area contributed by atoms with Crippen LogP contribution < -0.4 is 10.1 Å². The maximum atomic E-state index is 11.7. The average molecular weight is 362 g/mol. The summed E-state index contributed by atoms with van der Waals surface area (Å²) in [5, 5.41) is 12.4. The van der Waals surface area contributed by atoms with Crippen molar-refractivity contribution in [2.45, 2.75) is 0 Å². The number of aromatic hydroxyl groups is 1. The van der Waals surface area contributed by atoms with Crippen molar-refractivity contribution in [3.05, 3.63) is 59.1 Å². The standard InChI is InChI=1S/C18H16ClNO5/c1-24-16-10-12(6-8-15(16)21)7-9-18(23)25-11-17(22)20-14-5-3-2-4-13(14)19/h2-10,21H,11H2,1H3,(H,20,22)/b9-7+. The van der Waals surface area contributed by atoms with E-state index < -0.39 is 18.5 Å². The number of anilines is 1. The molecule has 2 N–H and O–H groups in total. The average Bonchev–Trinajstić information content (AvgIpc) is 2.61. The van der Waals surface area contributed by atoms with Gasteiger partial charge in [0.2, 0.25) is 0 Å². The van der Waals surface area contributed by atoms with Crippen molar-refractivity contribution in [2.24, 2.45) is 0 Å². The number of hydrogen-bond acceptors (Lipinski definition) is 5. The van der Waals surface area contributed by atoms with E-state index in [9.17, 15) is 14.7 Å². The monoisotopic (exact) mass is 361 g/mol. The SMILES string of the molecule is COc1cc(/C=C/C(=O)OCC(=O)Nc2ccccc2Cl)ccc1O. The molecule has 1 amide bonds. The third-order valence-corrected chi connectivity index (χ3v) is 3.44.